The van der Waals surface area contributed by atoms with E-state index in [0.29, 0.717) is 0 Å². The second-order valence-electron chi connectivity index (χ2n) is 3.33. The zero-order valence-corrected chi connectivity index (χ0v) is 9.80. The molecule has 1 atom stereocenters. The Morgan fingerprint density at radius 2 is 1.86 bits per heavy atom. The van der Waals surface area contributed by atoms with E-state index in [1.165, 1.54) is 16.7 Å². The number of carboxylic acid groups (broad SMARTS) is 1. The van der Waals surface area contributed by atoms with Crippen molar-refractivity contribution in [3.63, 3.8) is 0 Å². The highest BCUT2D eigenvalue weighted by atomic mass is 32.2. The van der Waals surface area contributed by atoms with Gasteiger partial charge in [0, 0.05) is 6.04 Å². The molecule has 4 nitrogen and oxygen atoms in total. The van der Waals surface area contributed by atoms with Gasteiger partial charge in [-0.3, -0.25) is 9.59 Å². The monoisotopic (exact) mass is 219 g/mol. The quantitative estimate of drug-likeness (QED) is 0.751. The van der Waals surface area contributed by atoms with E-state index in [-0.39, 0.29) is 23.7 Å². The molecule has 0 heterocycles. The predicted octanol–water partition coefficient (Wildman–Crippen LogP) is 1.06. The lowest BCUT2D eigenvalue weighted by Crippen LogP contribution is -2.44. The van der Waals surface area contributed by atoms with E-state index >= 15 is 0 Å². The zero-order valence-electron chi connectivity index (χ0n) is 8.98. The Bertz CT molecular complexity index is 218. The van der Waals surface area contributed by atoms with E-state index in [4.69, 9.17) is 5.11 Å². The van der Waals surface area contributed by atoms with Crippen LogP contribution >= 0.6 is 11.8 Å². The van der Waals surface area contributed by atoms with Crippen LogP contribution in [0, 0.1) is 0 Å². The van der Waals surface area contributed by atoms with Crippen LogP contribution in [0.5, 0.6) is 0 Å². The van der Waals surface area contributed by atoms with Crippen LogP contribution in [0.2, 0.25) is 0 Å². The number of nitrogens with zero attached hydrogens (tertiary/aromatic N) is 1. The maximum absolute atomic E-state index is 11.7. The molecule has 82 valence electrons. The first-order valence-corrected chi connectivity index (χ1v) is 5.74. The summed E-state index contributed by atoms with van der Waals surface area (Å²) in [5.74, 6) is -1.09. The van der Waals surface area contributed by atoms with Gasteiger partial charge in [0.05, 0.1) is 5.25 Å². The van der Waals surface area contributed by atoms with E-state index in [1.54, 1.807) is 6.92 Å². The minimum Gasteiger partial charge on any atom is -0.480 e. The molecule has 0 rings (SSSR count). The van der Waals surface area contributed by atoms with Crippen molar-refractivity contribution in [2.75, 3.05) is 12.8 Å². The van der Waals surface area contributed by atoms with Crippen molar-refractivity contribution in [2.24, 2.45) is 0 Å². The summed E-state index contributed by atoms with van der Waals surface area (Å²) in [6.07, 6.45) is 1.84. The summed E-state index contributed by atoms with van der Waals surface area (Å²) in [5, 5.41) is 8.45. The zero-order chi connectivity index (χ0) is 11.3. The average Bonchev–Trinajstić information content (AvgIpc) is 2.11. The summed E-state index contributed by atoms with van der Waals surface area (Å²) in [6, 6.07) is -0.0757. The molecule has 0 aliphatic rings. The summed E-state index contributed by atoms with van der Waals surface area (Å²) in [6.45, 7) is 5.19. The van der Waals surface area contributed by atoms with Gasteiger partial charge in [-0.05, 0) is 27.0 Å². The van der Waals surface area contributed by atoms with Crippen molar-refractivity contribution in [3.05, 3.63) is 0 Å². The van der Waals surface area contributed by atoms with E-state index < -0.39 is 5.97 Å². The average molecular weight is 219 g/mol. The molecule has 1 amide bonds. The van der Waals surface area contributed by atoms with Gasteiger partial charge in [0.25, 0.3) is 0 Å². The Kier molecular flexibility index (Phi) is 5.60. The summed E-state index contributed by atoms with van der Waals surface area (Å²) >= 11 is 1.42. The van der Waals surface area contributed by atoms with Crippen LogP contribution in [0.15, 0.2) is 0 Å². The third kappa shape index (κ3) is 4.00. The van der Waals surface area contributed by atoms with Crippen molar-refractivity contribution < 1.29 is 14.7 Å². The molecule has 0 spiro atoms. The second-order valence-corrected chi connectivity index (χ2v) is 4.51. The molecule has 0 radical (unpaired) electrons. The highest BCUT2D eigenvalue weighted by Gasteiger charge is 2.23. The fourth-order valence-electron chi connectivity index (χ4n) is 0.995. The van der Waals surface area contributed by atoms with Gasteiger partial charge >= 0.3 is 5.97 Å². The molecule has 1 unspecified atom stereocenters. The molecule has 0 saturated carbocycles. The smallest absolute Gasteiger partial charge is 0.323 e. The normalized spacial score (nSPS) is 12.6. The van der Waals surface area contributed by atoms with Gasteiger partial charge in [-0.25, -0.2) is 0 Å². The van der Waals surface area contributed by atoms with Gasteiger partial charge in [0.1, 0.15) is 6.54 Å². The number of rotatable bonds is 5. The van der Waals surface area contributed by atoms with E-state index in [0.717, 1.165) is 0 Å². The van der Waals surface area contributed by atoms with Gasteiger partial charge in [0.15, 0.2) is 0 Å². The van der Waals surface area contributed by atoms with Crippen LogP contribution in [-0.2, 0) is 9.59 Å². The molecule has 14 heavy (non-hydrogen) atoms. The molecule has 0 saturated heterocycles. The van der Waals surface area contributed by atoms with E-state index in [2.05, 4.69) is 0 Å². The fourth-order valence-corrected chi connectivity index (χ4v) is 1.33. The summed E-state index contributed by atoms with van der Waals surface area (Å²) in [7, 11) is 0. The maximum atomic E-state index is 11.7. The van der Waals surface area contributed by atoms with Gasteiger partial charge in [-0.2, -0.15) is 11.8 Å². The molecular weight excluding hydrogens is 202 g/mol. The first kappa shape index (κ1) is 13.3. The lowest BCUT2D eigenvalue weighted by molar-refractivity contribution is -0.145. The Labute approximate surface area is 88.7 Å². The summed E-state index contributed by atoms with van der Waals surface area (Å²) < 4.78 is 0. The third-order valence-corrected chi connectivity index (χ3v) is 2.82. The lowest BCUT2D eigenvalue weighted by Gasteiger charge is -2.27. The van der Waals surface area contributed by atoms with Crippen molar-refractivity contribution in [1.82, 2.24) is 4.90 Å². The topological polar surface area (TPSA) is 57.6 Å². The number of carbonyl (C=O) groups is 2. The minimum atomic E-state index is -0.972. The predicted molar refractivity (Wildman–Crippen MR) is 57.5 cm³/mol. The van der Waals surface area contributed by atoms with Gasteiger partial charge in [0.2, 0.25) is 5.91 Å². The van der Waals surface area contributed by atoms with Gasteiger partial charge in [-0.1, -0.05) is 0 Å². The fraction of sp³-hybridized carbons (Fsp3) is 0.778. The molecule has 0 fully saturated rings. The maximum Gasteiger partial charge on any atom is 0.323 e. The van der Waals surface area contributed by atoms with Gasteiger partial charge in [-0.15, -0.1) is 0 Å². The Balaban J connectivity index is 4.49. The van der Waals surface area contributed by atoms with E-state index in [9.17, 15) is 9.59 Å². The third-order valence-electron chi connectivity index (χ3n) is 1.91. The van der Waals surface area contributed by atoms with Crippen LogP contribution in [-0.4, -0.2) is 46.0 Å². The number of amides is 1. The van der Waals surface area contributed by atoms with Crippen LogP contribution in [0.3, 0.4) is 0 Å². The number of hydrogen-bond donors (Lipinski definition) is 1. The van der Waals surface area contributed by atoms with Crippen LogP contribution < -0.4 is 0 Å². The Hall–Kier alpha value is -0.710. The second kappa shape index (κ2) is 5.90. The molecule has 5 heteroatoms. The van der Waals surface area contributed by atoms with E-state index in [1.807, 2.05) is 20.1 Å². The first-order chi connectivity index (χ1) is 6.40. The molecule has 0 aromatic rings. The Morgan fingerprint density at radius 3 is 2.14 bits per heavy atom. The number of aliphatic carboxylic acids is 1. The summed E-state index contributed by atoms with van der Waals surface area (Å²) in [4.78, 5) is 23.6. The van der Waals surface area contributed by atoms with Crippen molar-refractivity contribution >= 4 is 23.6 Å². The molecule has 0 aliphatic heterocycles. The van der Waals surface area contributed by atoms with Crippen molar-refractivity contribution in [2.45, 2.75) is 32.1 Å². The number of thioether (sulfide) groups is 1. The van der Waals surface area contributed by atoms with Crippen molar-refractivity contribution in [1.29, 1.82) is 0 Å². The lowest BCUT2D eigenvalue weighted by atomic mass is 10.3. The standard InChI is InChI=1S/C9H17NO3S/c1-6(2)10(5-8(11)12)9(13)7(3)14-4/h6-7H,5H2,1-4H3,(H,11,12). The molecule has 0 bridgehead atoms. The van der Waals surface area contributed by atoms with Crippen LogP contribution in [0.25, 0.3) is 0 Å². The highest BCUT2D eigenvalue weighted by molar-refractivity contribution is 7.99. The largest absolute Gasteiger partial charge is 0.480 e. The van der Waals surface area contributed by atoms with Crippen LogP contribution in [0.1, 0.15) is 20.8 Å². The number of hydrogen-bond acceptors (Lipinski definition) is 3. The molecule has 1 N–H and O–H groups in total. The SMILES string of the molecule is CSC(C)C(=O)N(CC(=O)O)C(C)C. The highest BCUT2D eigenvalue weighted by Crippen LogP contribution is 2.11. The first-order valence-electron chi connectivity index (χ1n) is 4.45. The van der Waals surface area contributed by atoms with Crippen LogP contribution in [0.4, 0.5) is 0 Å². The number of carbonyl (C=O) groups excluding carboxylic acids is 1. The summed E-state index contributed by atoms with van der Waals surface area (Å²) in [5.41, 5.74) is 0. The van der Waals surface area contributed by atoms with Gasteiger partial charge < -0.3 is 10.0 Å². The van der Waals surface area contributed by atoms with Crippen molar-refractivity contribution in [3.8, 4) is 0 Å². The molecule has 0 aromatic carbocycles. The molecule has 0 aliphatic carbocycles. The number of carboxylic acids is 1. The Morgan fingerprint density at radius 1 is 1.36 bits per heavy atom. The molecule has 0 aromatic heterocycles. The molecular formula is C9H17NO3S. The minimum absolute atomic E-state index is 0.0757.